The highest BCUT2D eigenvalue weighted by Gasteiger charge is 2.00. The van der Waals surface area contributed by atoms with Crippen molar-refractivity contribution in [1.82, 2.24) is 0 Å². The molecule has 0 saturated carbocycles. The average Bonchev–Trinajstić information content (AvgIpc) is 2.86. The van der Waals surface area contributed by atoms with Crippen LogP contribution in [-0.4, -0.2) is 0 Å². The summed E-state index contributed by atoms with van der Waals surface area (Å²) in [5, 5.41) is 14.2. The van der Waals surface area contributed by atoms with Crippen LogP contribution in [0.15, 0.2) is 48.0 Å². The summed E-state index contributed by atoms with van der Waals surface area (Å²) in [7, 11) is 0. The summed E-state index contributed by atoms with van der Waals surface area (Å²) >= 11 is 1.56. The smallest absolute Gasteiger partial charge is 0.102 e. The van der Waals surface area contributed by atoms with E-state index in [2.05, 4.69) is 11.4 Å². The van der Waals surface area contributed by atoms with Gasteiger partial charge >= 0.3 is 0 Å². The van der Waals surface area contributed by atoms with Crippen molar-refractivity contribution in [3.05, 3.63) is 58.4 Å². The minimum atomic E-state index is 0.653. The molecular formula is C14H12N2S. The zero-order chi connectivity index (χ0) is 12.1. The van der Waals surface area contributed by atoms with Crippen LogP contribution in [0, 0.1) is 18.3 Å². The third-order valence-corrected chi connectivity index (χ3v) is 3.24. The number of nitrogens with zero attached hydrogens (tertiary/aromatic N) is 1. The van der Waals surface area contributed by atoms with Gasteiger partial charge in [0.1, 0.15) is 6.07 Å². The predicted molar refractivity (Wildman–Crippen MR) is 72.7 cm³/mol. The summed E-state index contributed by atoms with van der Waals surface area (Å²) in [5.74, 6) is 0. The Balaban J connectivity index is 2.14. The van der Waals surface area contributed by atoms with E-state index in [0.29, 0.717) is 5.57 Å². The van der Waals surface area contributed by atoms with Gasteiger partial charge in [0.05, 0.1) is 5.57 Å². The van der Waals surface area contributed by atoms with E-state index in [1.165, 1.54) is 5.56 Å². The first kappa shape index (κ1) is 11.4. The minimum Gasteiger partial charge on any atom is -0.360 e. The standard InChI is InChI=1S/C14H12N2S/c1-11-4-6-13(7-5-11)16-10-12(9-15)14-3-2-8-17-14/h2-8,10,16H,1H3. The highest BCUT2D eigenvalue weighted by atomic mass is 32.1. The average molecular weight is 240 g/mol. The maximum Gasteiger partial charge on any atom is 0.102 e. The molecule has 0 fully saturated rings. The van der Waals surface area contributed by atoms with Gasteiger partial charge in [-0.2, -0.15) is 5.26 Å². The van der Waals surface area contributed by atoms with Gasteiger partial charge in [-0.15, -0.1) is 11.3 Å². The van der Waals surface area contributed by atoms with Gasteiger partial charge < -0.3 is 5.32 Å². The van der Waals surface area contributed by atoms with Gasteiger partial charge in [0, 0.05) is 16.8 Å². The Hall–Kier alpha value is -2.05. The van der Waals surface area contributed by atoms with E-state index in [9.17, 15) is 0 Å². The largest absolute Gasteiger partial charge is 0.360 e. The molecule has 0 bridgehead atoms. The number of hydrogen-bond donors (Lipinski definition) is 1. The predicted octanol–water partition coefficient (Wildman–Crippen LogP) is 4.03. The third-order valence-electron chi connectivity index (χ3n) is 2.34. The minimum absolute atomic E-state index is 0.653. The summed E-state index contributed by atoms with van der Waals surface area (Å²) in [6.07, 6.45) is 1.75. The second-order valence-corrected chi connectivity index (χ2v) is 4.61. The number of nitriles is 1. The molecule has 0 amide bonds. The van der Waals surface area contributed by atoms with Crippen LogP contribution in [0.2, 0.25) is 0 Å². The Morgan fingerprint density at radius 1 is 1.29 bits per heavy atom. The van der Waals surface area contributed by atoms with Crippen molar-refractivity contribution in [2.24, 2.45) is 0 Å². The van der Waals surface area contributed by atoms with Crippen LogP contribution in [0.1, 0.15) is 10.4 Å². The van der Waals surface area contributed by atoms with Gasteiger partial charge in [-0.1, -0.05) is 23.8 Å². The molecule has 0 aliphatic heterocycles. The zero-order valence-corrected chi connectivity index (χ0v) is 10.3. The fourth-order valence-corrected chi connectivity index (χ4v) is 2.09. The summed E-state index contributed by atoms with van der Waals surface area (Å²) in [6.45, 7) is 2.05. The fraction of sp³-hybridized carbons (Fsp3) is 0.0714. The number of aryl methyl sites for hydroxylation is 1. The molecule has 1 aromatic carbocycles. The molecule has 17 heavy (non-hydrogen) atoms. The molecule has 0 spiro atoms. The molecule has 0 unspecified atom stereocenters. The first-order valence-electron chi connectivity index (χ1n) is 5.27. The number of anilines is 1. The molecule has 0 atom stereocenters. The molecule has 2 rings (SSSR count). The third kappa shape index (κ3) is 2.96. The van der Waals surface area contributed by atoms with E-state index in [1.54, 1.807) is 17.5 Å². The highest BCUT2D eigenvalue weighted by Crippen LogP contribution is 2.19. The lowest BCUT2D eigenvalue weighted by Gasteiger charge is -2.01. The molecule has 0 aliphatic carbocycles. The lowest BCUT2D eigenvalue weighted by molar-refractivity contribution is 1.46. The van der Waals surface area contributed by atoms with Crippen LogP contribution in [0.3, 0.4) is 0 Å². The number of thiophene rings is 1. The van der Waals surface area contributed by atoms with E-state index in [0.717, 1.165) is 10.6 Å². The van der Waals surface area contributed by atoms with Crippen LogP contribution >= 0.6 is 11.3 Å². The quantitative estimate of drug-likeness (QED) is 0.822. The van der Waals surface area contributed by atoms with E-state index in [-0.39, 0.29) is 0 Å². The zero-order valence-electron chi connectivity index (χ0n) is 9.47. The maximum absolute atomic E-state index is 9.07. The fourth-order valence-electron chi connectivity index (χ4n) is 1.40. The molecule has 1 heterocycles. The second-order valence-electron chi connectivity index (χ2n) is 3.66. The van der Waals surface area contributed by atoms with E-state index in [4.69, 9.17) is 5.26 Å². The molecule has 2 nitrogen and oxygen atoms in total. The van der Waals surface area contributed by atoms with Crippen LogP contribution < -0.4 is 5.32 Å². The Morgan fingerprint density at radius 2 is 2.06 bits per heavy atom. The van der Waals surface area contributed by atoms with Crippen molar-refractivity contribution < 1.29 is 0 Å². The number of benzene rings is 1. The number of hydrogen-bond acceptors (Lipinski definition) is 3. The number of rotatable bonds is 3. The van der Waals surface area contributed by atoms with Gasteiger partial charge in [-0.25, -0.2) is 0 Å². The summed E-state index contributed by atoms with van der Waals surface area (Å²) in [4.78, 5) is 0.979. The topological polar surface area (TPSA) is 35.8 Å². The normalized spacial score (nSPS) is 10.9. The number of allylic oxidation sites excluding steroid dienone is 1. The molecular weight excluding hydrogens is 228 g/mol. The van der Waals surface area contributed by atoms with Crippen molar-refractivity contribution in [1.29, 1.82) is 5.26 Å². The van der Waals surface area contributed by atoms with Gasteiger partial charge in [0.2, 0.25) is 0 Å². The molecule has 1 N–H and O–H groups in total. The van der Waals surface area contributed by atoms with Gasteiger partial charge in [-0.3, -0.25) is 0 Å². The van der Waals surface area contributed by atoms with Crippen LogP contribution in [0.4, 0.5) is 5.69 Å². The second kappa shape index (κ2) is 5.33. The Morgan fingerprint density at radius 3 is 2.65 bits per heavy atom. The van der Waals surface area contributed by atoms with Crippen molar-refractivity contribution in [2.75, 3.05) is 5.32 Å². The lowest BCUT2D eigenvalue weighted by atomic mass is 10.2. The molecule has 0 radical (unpaired) electrons. The summed E-state index contributed by atoms with van der Waals surface area (Å²) in [6, 6.07) is 14.1. The Labute approximate surface area is 105 Å². The van der Waals surface area contributed by atoms with Crippen molar-refractivity contribution in [3.8, 4) is 6.07 Å². The van der Waals surface area contributed by atoms with Crippen molar-refractivity contribution in [2.45, 2.75) is 6.92 Å². The van der Waals surface area contributed by atoms with Crippen molar-refractivity contribution >= 4 is 22.6 Å². The highest BCUT2D eigenvalue weighted by molar-refractivity contribution is 7.11. The van der Waals surface area contributed by atoms with E-state index < -0.39 is 0 Å². The van der Waals surface area contributed by atoms with Gasteiger partial charge in [0.25, 0.3) is 0 Å². The first-order valence-corrected chi connectivity index (χ1v) is 6.15. The Kier molecular flexibility index (Phi) is 3.59. The monoisotopic (exact) mass is 240 g/mol. The van der Waals surface area contributed by atoms with Gasteiger partial charge in [-0.05, 0) is 30.5 Å². The maximum atomic E-state index is 9.07. The van der Waals surface area contributed by atoms with Crippen LogP contribution in [-0.2, 0) is 0 Å². The Bertz CT molecular complexity index is 545. The summed E-state index contributed by atoms with van der Waals surface area (Å²) in [5.41, 5.74) is 2.86. The molecule has 1 aromatic heterocycles. The van der Waals surface area contributed by atoms with Crippen LogP contribution in [0.25, 0.3) is 5.57 Å². The van der Waals surface area contributed by atoms with Gasteiger partial charge in [0.15, 0.2) is 0 Å². The van der Waals surface area contributed by atoms with Crippen LogP contribution in [0.5, 0.6) is 0 Å². The lowest BCUT2D eigenvalue weighted by Crippen LogP contribution is -1.89. The molecule has 2 aromatic rings. The molecule has 84 valence electrons. The summed E-state index contributed by atoms with van der Waals surface area (Å²) < 4.78 is 0. The number of nitrogens with one attached hydrogen (secondary N) is 1. The molecule has 0 aliphatic rings. The van der Waals surface area contributed by atoms with E-state index >= 15 is 0 Å². The molecule has 0 saturated heterocycles. The first-order chi connectivity index (χ1) is 8.29. The van der Waals surface area contributed by atoms with E-state index in [1.807, 2.05) is 48.7 Å². The van der Waals surface area contributed by atoms with Crippen molar-refractivity contribution in [3.63, 3.8) is 0 Å². The molecule has 3 heteroatoms. The SMILES string of the molecule is Cc1ccc(NC=C(C#N)c2cccs2)cc1.